The van der Waals surface area contributed by atoms with Crippen molar-refractivity contribution in [3.63, 3.8) is 0 Å². The Labute approximate surface area is 182 Å². The van der Waals surface area contributed by atoms with Crippen molar-refractivity contribution < 1.29 is 17.9 Å². The molecule has 0 atom stereocenters. The summed E-state index contributed by atoms with van der Waals surface area (Å²) in [6, 6.07) is 14.3. The van der Waals surface area contributed by atoms with Gasteiger partial charge in [0.2, 0.25) is 10.0 Å². The van der Waals surface area contributed by atoms with Crippen LogP contribution in [0, 0.1) is 13.8 Å². The van der Waals surface area contributed by atoms with E-state index in [1.54, 1.807) is 30.3 Å². The summed E-state index contributed by atoms with van der Waals surface area (Å²) in [6.07, 6.45) is 0. The molecule has 1 fully saturated rings. The highest BCUT2D eigenvalue weighted by molar-refractivity contribution is 7.89. The third-order valence-corrected chi connectivity index (χ3v) is 7.34. The maximum atomic E-state index is 13.1. The molecule has 31 heavy (non-hydrogen) atoms. The first-order valence-electron chi connectivity index (χ1n) is 10.2. The molecule has 8 heteroatoms. The fraction of sp³-hybridized carbons (Fsp3) is 0.304. The number of morpholine rings is 1. The lowest BCUT2D eigenvalue weighted by atomic mass is 10.0. The van der Waals surface area contributed by atoms with Crippen LogP contribution in [-0.4, -0.2) is 49.9 Å². The Morgan fingerprint density at radius 3 is 2.61 bits per heavy atom. The number of aryl methyl sites for hydroxylation is 2. The number of rotatable bonds is 5. The van der Waals surface area contributed by atoms with Crippen molar-refractivity contribution in [1.29, 1.82) is 0 Å². The van der Waals surface area contributed by atoms with Gasteiger partial charge in [-0.15, -0.1) is 0 Å². The van der Waals surface area contributed by atoms with E-state index in [4.69, 9.17) is 4.74 Å². The highest BCUT2D eigenvalue weighted by Gasteiger charge is 2.28. The number of amides is 1. The Morgan fingerprint density at radius 2 is 1.84 bits per heavy atom. The Kier molecular flexibility index (Phi) is 6.04. The number of nitrogens with one attached hydrogen (secondary N) is 1. The Hall–Kier alpha value is -2.81. The van der Waals surface area contributed by atoms with E-state index in [9.17, 15) is 13.2 Å². The molecule has 1 N–H and O–H groups in total. The number of carbonyl (C=O) groups excluding carboxylic acids is 1. The summed E-state index contributed by atoms with van der Waals surface area (Å²) in [5.74, 6) is -0.264. The molecular formula is C23H25N3O4S. The van der Waals surface area contributed by atoms with Crippen LogP contribution in [0.3, 0.4) is 0 Å². The van der Waals surface area contributed by atoms with Gasteiger partial charge in [0.05, 0.1) is 29.2 Å². The highest BCUT2D eigenvalue weighted by Crippen LogP contribution is 2.23. The summed E-state index contributed by atoms with van der Waals surface area (Å²) < 4.78 is 33.0. The minimum absolute atomic E-state index is 0.104. The smallest absolute Gasteiger partial charge is 0.252 e. The zero-order chi connectivity index (χ0) is 22.0. The van der Waals surface area contributed by atoms with Gasteiger partial charge in [0.25, 0.3) is 5.91 Å². The third kappa shape index (κ3) is 4.46. The van der Waals surface area contributed by atoms with Crippen LogP contribution in [0.25, 0.3) is 10.9 Å². The molecule has 2 aromatic carbocycles. The van der Waals surface area contributed by atoms with Gasteiger partial charge in [-0.1, -0.05) is 29.8 Å². The normalized spacial score (nSPS) is 15.2. The molecule has 0 bridgehead atoms. The molecule has 162 valence electrons. The molecule has 0 radical (unpaired) electrons. The van der Waals surface area contributed by atoms with Crippen LogP contribution in [0.1, 0.15) is 27.2 Å². The number of pyridine rings is 1. The van der Waals surface area contributed by atoms with Crippen LogP contribution in [0.2, 0.25) is 0 Å². The molecule has 4 rings (SSSR count). The van der Waals surface area contributed by atoms with Crippen molar-refractivity contribution in [2.45, 2.75) is 25.3 Å². The van der Waals surface area contributed by atoms with Crippen LogP contribution >= 0.6 is 0 Å². The zero-order valence-electron chi connectivity index (χ0n) is 17.6. The second-order valence-electron chi connectivity index (χ2n) is 7.64. The Bertz CT molecular complexity index is 1230. The van der Waals surface area contributed by atoms with E-state index in [-0.39, 0.29) is 17.3 Å². The van der Waals surface area contributed by atoms with E-state index in [0.29, 0.717) is 37.4 Å². The summed E-state index contributed by atoms with van der Waals surface area (Å²) >= 11 is 0. The number of ether oxygens (including phenoxy) is 1. The van der Waals surface area contributed by atoms with Crippen LogP contribution in [0.5, 0.6) is 0 Å². The SMILES string of the molecule is Cc1ccc2nc(C)cc(C(=O)NCc3ccccc3S(=O)(=O)N3CCOCC3)c2c1. The summed E-state index contributed by atoms with van der Waals surface area (Å²) in [4.78, 5) is 17.8. The minimum Gasteiger partial charge on any atom is -0.379 e. The quantitative estimate of drug-likeness (QED) is 0.660. The first-order valence-corrected chi connectivity index (χ1v) is 11.6. The third-order valence-electron chi connectivity index (χ3n) is 5.34. The number of fused-ring (bicyclic) bond motifs is 1. The first kappa shape index (κ1) is 21.4. The monoisotopic (exact) mass is 439 g/mol. The molecule has 0 spiro atoms. The lowest BCUT2D eigenvalue weighted by molar-refractivity contribution is 0.0730. The van der Waals surface area contributed by atoms with E-state index in [2.05, 4.69) is 10.3 Å². The number of aromatic nitrogens is 1. The second-order valence-corrected chi connectivity index (χ2v) is 9.55. The van der Waals surface area contributed by atoms with Crippen LogP contribution in [0.15, 0.2) is 53.4 Å². The molecule has 2 heterocycles. The summed E-state index contributed by atoms with van der Waals surface area (Å²) in [5, 5.41) is 3.67. The summed E-state index contributed by atoms with van der Waals surface area (Å²) in [6.45, 7) is 5.33. The number of sulfonamides is 1. The van der Waals surface area contributed by atoms with E-state index in [1.165, 1.54) is 4.31 Å². The van der Waals surface area contributed by atoms with Gasteiger partial charge in [0, 0.05) is 30.7 Å². The van der Waals surface area contributed by atoms with Crippen LogP contribution in [0.4, 0.5) is 0 Å². The van der Waals surface area contributed by atoms with E-state index < -0.39 is 10.0 Å². The second kappa shape index (κ2) is 8.74. The van der Waals surface area contributed by atoms with E-state index in [0.717, 1.165) is 22.2 Å². The average Bonchev–Trinajstić information content (AvgIpc) is 2.78. The standard InChI is InChI=1S/C23H25N3O4S/c1-16-7-8-21-19(13-16)20(14-17(2)25-21)23(27)24-15-18-5-3-4-6-22(18)31(28,29)26-9-11-30-12-10-26/h3-8,13-14H,9-12,15H2,1-2H3,(H,24,27). The Balaban J connectivity index is 1.60. The molecule has 3 aromatic rings. The van der Waals surface area contributed by atoms with Crippen molar-refractivity contribution in [2.75, 3.05) is 26.3 Å². The van der Waals surface area contributed by atoms with Gasteiger partial charge in [0.1, 0.15) is 0 Å². The van der Waals surface area contributed by atoms with E-state index >= 15 is 0 Å². The molecule has 0 saturated carbocycles. The topological polar surface area (TPSA) is 88.6 Å². The van der Waals surface area contributed by atoms with Gasteiger partial charge in [-0.05, 0) is 43.7 Å². The first-order chi connectivity index (χ1) is 14.9. The Morgan fingerprint density at radius 1 is 1.10 bits per heavy atom. The van der Waals surface area contributed by atoms with Crippen molar-refractivity contribution >= 4 is 26.8 Å². The minimum atomic E-state index is -3.66. The van der Waals surface area contributed by atoms with Crippen molar-refractivity contribution in [3.8, 4) is 0 Å². The van der Waals surface area contributed by atoms with Crippen molar-refractivity contribution in [3.05, 3.63) is 70.9 Å². The summed E-state index contributed by atoms with van der Waals surface area (Å²) in [7, 11) is -3.66. The van der Waals surface area contributed by atoms with Gasteiger partial charge in [0.15, 0.2) is 0 Å². The van der Waals surface area contributed by atoms with Crippen molar-refractivity contribution in [1.82, 2.24) is 14.6 Å². The predicted octanol–water partition coefficient (Wildman–Crippen LogP) is 2.80. The number of benzene rings is 2. The maximum Gasteiger partial charge on any atom is 0.252 e. The van der Waals surface area contributed by atoms with Crippen molar-refractivity contribution in [2.24, 2.45) is 0 Å². The molecule has 7 nitrogen and oxygen atoms in total. The molecule has 0 aliphatic carbocycles. The van der Waals surface area contributed by atoms with Crippen LogP contribution in [-0.2, 0) is 21.3 Å². The molecule has 1 amide bonds. The fourth-order valence-corrected chi connectivity index (χ4v) is 5.39. The van der Waals surface area contributed by atoms with E-state index in [1.807, 2.05) is 32.0 Å². The largest absolute Gasteiger partial charge is 0.379 e. The van der Waals surface area contributed by atoms with Gasteiger partial charge in [-0.25, -0.2) is 8.42 Å². The lowest BCUT2D eigenvalue weighted by Gasteiger charge is -2.27. The maximum absolute atomic E-state index is 13.1. The average molecular weight is 440 g/mol. The molecule has 1 aliphatic heterocycles. The molecule has 1 saturated heterocycles. The van der Waals surface area contributed by atoms with Gasteiger partial charge in [-0.2, -0.15) is 4.31 Å². The highest BCUT2D eigenvalue weighted by atomic mass is 32.2. The lowest BCUT2D eigenvalue weighted by Crippen LogP contribution is -2.41. The van der Waals surface area contributed by atoms with Gasteiger partial charge < -0.3 is 10.1 Å². The number of nitrogens with zero attached hydrogens (tertiary/aromatic N) is 2. The molecular weight excluding hydrogens is 414 g/mol. The molecule has 1 aliphatic rings. The molecule has 1 aromatic heterocycles. The zero-order valence-corrected chi connectivity index (χ0v) is 18.4. The number of hydrogen-bond acceptors (Lipinski definition) is 5. The fourth-order valence-electron chi connectivity index (χ4n) is 3.76. The van der Waals surface area contributed by atoms with Crippen LogP contribution < -0.4 is 5.32 Å². The molecule has 0 unspecified atom stereocenters. The van der Waals surface area contributed by atoms with Gasteiger partial charge in [-0.3, -0.25) is 9.78 Å². The number of hydrogen-bond donors (Lipinski definition) is 1. The number of carbonyl (C=O) groups is 1. The summed E-state index contributed by atoms with van der Waals surface area (Å²) in [5.41, 5.74) is 3.62. The predicted molar refractivity (Wildman–Crippen MR) is 118 cm³/mol. The van der Waals surface area contributed by atoms with Gasteiger partial charge >= 0.3 is 0 Å².